The minimum absolute atomic E-state index is 0.136. The molecule has 1 heterocycles. The molecule has 0 spiro atoms. The predicted octanol–water partition coefficient (Wildman–Crippen LogP) is 2.03. The predicted molar refractivity (Wildman–Crippen MR) is 69.2 cm³/mol. The van der Waals surface area contributed by atoms with Gasteiger partial charge in [0.2, 0.25) is 0 Å². The van der Waals surface area contributed by atoms with Crippen molar-refractivity contribution in [3.8, 4) is 0 Å². The van der Waals surface area contributed by atoms with E-state index in [0.29, 0.717) is 6.07 Å². The van der Waals surface area contributed by atoms with Crippen molar-refractivity contribution in [2.45, 2.75) is 6.18 Å². The molecule has 0 atom stereocenters. The molecule has 9 heteroatoms. The van der Waals surface area contributed by atoms with Crippen molar-refractivity contribution in [2.75, 3.05) is 10.7 Å². The molecule has 21 heavy (non-hydrogen) atoms. The second kappa shape index (κ2) is 5.75. The van der Waals surface area contributed by atoms with Crippen LogP contribution in [0, 0.1) is 0 Å². The van der Waals surface area contributed by atoms with Crippen LogP contribution in [0.25, 0.3) is 0 Å². The Labute approximate surface area is 117 Å². The Kier molecular flexibility index (Phi) is 4.03. The molecule has 0 saturated carbocycles. The van der Waals surface area contributed by atoms with Crippen molar-refractivity contribution >= 4 is 17.4 Å². The van der Waals surface area contributed by atoms with Crippen LogP contribution >= 0.6 is 0 Å². The lowest BCUT2D eigenvalue weighted by molar-refractivity contribution is -0.137. The first-order valence-corrected chi connectivity index (χ1v) is 5.67. The van der Waals surface area contributed by atoms with Crippen LogP contribution in [0.15, 0.2) is 36.8 Å². The molecule has 0 aliphatic rings. The molecule has 0 unspecified atom stereocenters. The molecule has 1 aromatic carbocycles. The molecule has 0 bridgehead atoms. The molecule has 110 valence electrons. The maximum Gasteiger partial charge on any atom is 0.418 e. The number of hydrogen-bond donors (Lipinski definition) is 3. The lowest BCUT2D eigenvalue weighted by Crippen LogP contribution is -2.18. The zero-order valence-corrected chi connectivity index (χ0v) is 10.5. The van der Waals surface area contributed by atoms with Crippen molar-refractivity contribution in [3.05, 3.63) is 47.9 Å². The number of nitrogens with zero attached hydrogens (tertiary/aromatic N) is 2. The summed E-state index contributed by atoms with van der Waals surface area (Å²) in [5.41, 5.74) is 0.418. The molecular weight excluding hydrogens is 287 g/mol. The quantitative estimate of drug-likeness (QED) is 0.595. The number of aromatic nitrogens is 2. The topological polar surface area (TPSA) is 92.9 Å². The zero-order valence-electron chi connectivity index (χ0n) is 10.5. The van der Waals surface area contributed by atoms with Crippen LogP contribution in [0.1, 0.15) is 15.9 Å². The molecule has 2 aromatic rings. The van der Waals surface area contributed by atoms with E-state index in [1.54, 1.807) is 0 Å². The van der Waals surface area contributed by atoms with Gasteiger partial charge in [0, 0.05) is 18.0 Å². The van der Waals surface area contributed by atoms with Gasteiger partial charge < -0.3 is 10.7 Å². The average molecular weight is 297 g/mol. The van der Waals surface area contributed by atoms with Gasteiger partial charge in [0.05, 0.1) is 17.4 Å². The Hall–Kier alpha value is -2.68. The Morgan fingerprint density at radius 1 is 1.24 bits per heavy atom. The smallest absolute Gasteiger partial charge is 0.324 e. The molecule has 6 nitrogen and oxygen atoms in total. The van der Waals surface area contributed by atoms with Gasteiger partial charge in [-0.05, 0) is 18.2 Å². The minimum atomic E-state index is -4.63. The van der Waals surface area contributed by atoms with Crippen LogP contribution in [-0.4, -0.2) is 15.9 Å². The van der Waals surface area contributed by atoms with E-state index in [0.717, 1.165) is 6.07 Å². The van der Waals surface area contributed by atoms with Gasteiger partial charge in [0.15, 0.2) is 5.82 Å². The number of anilines is 2. The number of amides is 1. The summed E-state index contributed by atoms with van der Waals surface area (Å²) in [7, 11) is 0. The normalized spacial score (nSPS) is 11.0. The zero-order chi connectivity index (χ0) is 15.5. The molecule has 2 rings (SSSR count). The van der Waals surface area contributed by atoms with Crippen molar-refractivity contribution in [2.24, 2.45) is 5.84 Å². The number of benzene rings is 1. The van der Waals surface area contributed by atoms with Crippen molar-refractivity contribution < 1.29 is 18.0 Å². The molecule has 0 aliphatic carbocycles. The van der Waals surface area contributed by atoms with Gasteiger partial charge in [-0.3, -0.25) is 15.6 Å². The third-order valence-electron chi connectivity index (χ3n) is 2.55. The number of nitrogens with two attached hydrogens (primary N) is 1. The number of hydrazine groups is 1. The van der Waals surface area contributed by atoms with Crippen LogP contribution < -0.4 is 16.6 Å². The van der Waals surface area contributed by atoms with Crippen LogP contribution in [0.3, 0.4) is 0 Å². The second-order valence-electron chi connectivity index (χ2n) is 3.95. The maximum absolute atomic E-state index is 12.9. The summed E-state index contributed by atoms with van der Waals surface area (Å²) in [5, 5.41) is 2.34. The standard InChI is InChI=1S/C12H10F3N5O/c13-12(14,15)8-5-7(1-2-9(8)20-16)11(21)19-10-6-17-3-4-18-10/h1-6,20H,16H2,(H,18,19,21). The van der Waals surface area contributed by atoms with Gasteiger partial charge in [0.1, 0.15) is 0 Å². The fourth-order valence-corrected chi connectivity index (χ4v) is 1.60. The van der Waals surface area contributed by atoms with E-state index in [9.17, 15) is 18.0 Å². The number of hydrogen-bond acceptors (Lipinski definition) is 5. The van der Waals surface area contributed by atoms with Gasteiger partial charge in [-0.25, -0.2) is 4.98 Å². The average Bonchev–Trinajstić information content (AvgIpc) is 2.46. The molecule has 1 aromatic heterocycles. The molecule has 0 radical (unpaired) electrons. The summed E-state index contributed by atoms with van der Waals surface area (Å²) in [5.74, 6) is 4.43. The summed E-state index contributed by atoms with van der Waals surface area (Å²) in [6.45, 7) is 0. The first kappa shape index (κ1) is 14.7. The van der Waals surface area contributed by atoms with Crippen LogP contribution in [-0.2, 0) is 6.18 Å². The first-order chi connectivity index (χ1) is 9.91. The van der Waals surface area contributed by atoms with E-state index in [1.165, 1.54) is 24.7 Å². The maximum atomic E-state index is 12.9. The lowest BCUT2D eigenvalue weighted by atomic mass is 10.1. The molecule has 0 fully saturated rings. The van der Waals surface area contributed by atoms with Crippen LogP contribution in [0.2, 0.25) is 0 Å². The Morgan fingerprint density at radius 2 is 2.00 bits per heavy atom. The second-order valence-corrected chi connectivity index (χ2v) is 3.95. The highest BCUT2D eigenvalue weighted by Gasteiger charge is 2.34. The number of carbonyl (C=O) groups excluding carboxylic acids is 1. The third kappa shape index (κ3) is 3.45. The summed E-state index contributed by atoms with van der Waals surface area (Å²) in [6, 6.07) is 3.01. The Morgan fingerprint density at radius 3 is 2.57 bits per heavy atom. The van der Waals surface area contributed by atoms with E-state index in [1.807, 2.05) is 5.43 Å². The molecule has 1 amide bonds. The van der Waals surface area contributed by atoms with E-state index >= 15 is 0 Å². The number of carbonyl (C=O) groups is 1. The molecular formula is C12H10F3N5O. The van der Waals surface area contributed by atoms with E-state index < -0.39 is 17.6 Å². The van der Waals surface area contributed by atoms with Gasteiger partial charge in [-0.1, -0.05) is 0 Å². The monoisotopic (exact) mass is 297 g/mol. The summed E-state index contributed by atoms with van der Waals surface area (Å²) >= 11 is 0. The SMILES string of the molecule is NNc1ccc(C(=O)Nc2cnccn2)cc1C(F)(F)F. The minimum Gasteiger partial charge on any atom is -0.324 e. The van der Waals surface area contributed by atoms with Gasteiger partial charge in [-0.2, -0.15) is 13.2 Å². The summed E-state index contributed by atoms with van der Waals surface area (Å²) < 4.78 is 38.6. The molecule has 0 saturated heterocycles. The molecule has 0 aliphatic heterocycles. The van der Waals surface area contributed by atoms with Crippen LogP contribution in [0.5, 0.6) is 0 Å². The number of rotatable bonds is 3. The Balaban J connectivity index is 2.30. The first-order valence-electron chi connectivity index (χ1n) is 5.67. The van der Waals surface area contributed by atoms with Crippen molar-refractivity contribution in [3.63, 3.8) is 0 Å². The third-order valence-corrected chi connectivity index (χ3v) is 2.55. The molecule has 4 N–H and O–H groups in total. The van der Waals surface area contributed by atoms with E-state index in [-0.39, 0.29) is 17.1 Å². The van der Waals surface area contributed by atoms with Crippen molar-refractivity contribution in [1.29, 1.82) is 0 Å². The summed E-state index contributed by atoms with van der Waals surface area (Å²) in [6.07, 6.45) is -0.611. The fraction of sp³-hybridized carbons (Fsp3) is 0.0833. The highest BCUT2D eigenvalue weighted by Crippen LogP contribution is 2.35. The van der Waals surface area contributed by atoms with Gasteiger partial charge >= 0.3 is 6.18 Å². The lowest BCUT2D eigenvalue weighted by Gasteiger charge is -2.13. The highest BCUT2D eigenvalue weighted by atomic mass is 19.4. The van der Waals surface area contributed by atoms with E-state index in [4.69, 9.17) is 5.84 Å². The summed E-state index contributed by atoms with van der Waals surface area (Å²) in [4.78, 5) is 19.4. The van der Waals surface area contributed by atoms with Gasteiger partial charge in [-0.15, -0.1) is 0 Å². The fourth-order valence-electron chi connectivity index (χ4n) is 1.60. The number of halogens is 3. The number of nitrogens with one attached hydrogen (secondary N) is 2. The van der Waals surface area contributed by atoms with Gasteiger partial charge in [0.25, 0.3) is 5.91 Å². The van der Waals surface area contributed by atoms with Crippen LogP contribution in [0.4, 0.5) is 24.7 Å². The largest absolute Gasteiger partial charge is 0.418 e. The highest BCUT2D eigenvalue weighted by molar-refractivity contribution is 6.04. The number of nitrogen functional groups attached to an aromatic ring is 1. The Bertz CT molecular complexity index is 645. The number of alkyl halides is 3. The van der Waals surface area contributed by atoms with E-state index in [2.05, 4.69) is 15.3 Å². The van der Waals surface area contributed by atoms with Crippen molar-refractivity contribution in [1.82, 2.24) is 9.97 Å².